The van der Waals surface area contributed by atoms with E-state index >= 15 is 0 Å². The Hall–Kier alpha value is -4.19. The molecule has 6 nitrogen and oxygen atoms in total. The maximum Gasteiger partial charge on any atom is 0.306 e. The van der Waals surface area contributed by atoms with Crippen LogP contribution in [0.4, 0.5) is 0 Å². The lowest BCUT2D eigenvalue weighted by Gasteiger charge is -2.18. The first kappa shape index (κ1) is 61.8. The summed E-state index contributed by atoms with van der Waals surface area (Å²) in [5.41, 5.74) is 0. The van der Waals surface area contributed by atoms with Crippen molar-refractivity contribution in [1.29, 1.82) is 0 Å². The van der Waals surface area contributed by atoms with Gasteiger partial charge in [-0.05, 0) is 109 Å². The summed E-state index contributed by atoms with van der Waals surface area (Å²) >= 11 is 0. The Kier molecular flexibility index (Phi) is 50.0. The van der Waals surface area contributed by atoms with E-state index in [-0.39, 0.29) is 37.5 Å². The highest BCUT2D eigenvalue weighted by atomic mass is 16.6. The van der Waals surface area contributed by atoms with E-state index in [1.165, 1.54) is 57.8 Å². The first-order chi connectivity index (χ1) is 32.5. The first-order valence-electron chi connectivity index (χ1n) is 26.6. The van der Waals surface area contributed by atoms with Crippen LogP contribution in [0.2, 0.25) is 0 Å². The number of allylic oxidation sites excluding steroid dienone is 20. The van der Waals surface area contributed by atoms with E-state index in [9.17, 15) is 14.4 Å². The molecule has 1 atom stereocenters. The molecule has 0 radical (unpaired) electrons. The molecule has 0 aliphatic carbocycles. The molecule has 0 aliphatic rings. The van der Waals surface area contributed by atoms with Gasteiger partial charge < -0.3 is 14.2 Å². The Morgan fingerprint density at radius 3 is 1.17 bits per heavy atom. The maximum atomic E-state index is 12.8. The molecule has 0 fully saturated rings. The van der Waals surface area contributed by atoms with Crippen LogP contribution in [0.25, 0.3) is 0 Å². The fourth-order valence-electron chi connectivity index (χ4n) is 6.78. The highest BCUT2D eigenvalue weighted by molar-refractivity contribution is 5.71. The van der Waals surface area contributed by atoms with Gasteiger partial charge in [0.25, 0.3) is 0 Å². The van der Waals surface area contributed by atoms with E-state index in [0.29, 0.717) is 19.3 Å². The summed E-state index contributed by atoms with van der Waals surface area (Å²) < 4.78 is 16.7. The van der Waals surface area contributed by atoms with Gasteiger partial charge in [0, 0.05) is 19.3 Å². The lowest BCUT2D eigenvalue weighted by Crippen LogP contribution is -2.30. The Morgan fingerprint density at radius 2 is 0.667 bits per heavy atom. The molecule has 1 unspecified atom stereocenters. The minimum Gasteiger partial charge on any atom is -0.462 e. The quantitative estimate of drug-likeness (QED) is 0.0199. The SMILES string of the molecule is CC/C=C\C/C=C\C/C=C\C/C=C\C/C=C\CCCC(=O)OC(COC(=O)CCCCC/C=C\CCCCCCCC)COC(=O)CCCCCCC\C=C/C=C\C=C/C=C\CCCCC. The molecule has 0 aromatic rings. The van der Waals surface area contributed by atoms with Crippen molar-refractivity contribution < 1.29 is 28.6 Å². The van der Waals surface area contributed by atoms with E-state index in [2.05, 4.69) is 142 Å². The van der Waals surface area contributed by atoms with Gasteiger partial charge in [-0.25, -0.2) is 0 Å². The van der Waals surface area contributed by atoms with Gasteiger partial charge in [0.15, 0.2) is 6.10 Å². The molecule has 0 aromatic carbocycles. The second kappa shape index (κ2) is 53.4. The first-order valence-corrected chi connectivity index (χ1v) is 26.6. The Bertz CT molecular complexity index is 1420. The van der Waals surface area contributed by atoms with E-state index in [0.717, 1.165) is 116 Å². The predicted molar refractivity (Wildman–Crippen MR) is 283 cm³/mol. The number of carbonyl (C=O) groups is 3. The predicted octanol–water partition coefficient (Wildman–Crippen LogP) is 17.7. The Labute approximate surface area is 405 Å². The van der Waals surface area contributed by atoms with Gasteiger partial charge in [-0.2, -0.15) is 0 Å². The smallest absolute Gasteiger partial charge is 0.306 e. The fourth-order valence-corrected chi connectivity index (χ4v) is 6.78. The number of hydrogen-bond donors (Lipinski definition) is 0. The summed E-state index contributed by atoms with van der Waals surface area (Å²) in [6.45, 7) is 6.38. The van der Waals surface area contributed by atoms with Gasteiger partial charge in [0.1, 0.15) is 13.2 Å². The zero-order valence-corrected chi connectivity index (χ0v) is 42.4. The second-order valence-electron chi connectivity index (χ2n) is 17.1. The summed E-state index contributed by atoms with van der Waals surface area (Å²) in [6, 6.07) is 0. The summed E-state index contributed by atoms with van der Waals surface area (Å²) in [4.78, 5) is 38.0. The number of hydrogen-bond acceptors (Lipinski definition) is 6. The number of unbranched alkanes of at least 4 members (excludes halogenated alkanes) is 18. The van der Waals surface area contributed by atoms with E-state index < -0.39 is 6.10 Å². The Morgan fingerprint density at radius 1 is 0.333 bits per heavy atom. The highest BCUT2D eigenvalue weighted by Crippen LogP contribution is 2.12. The van der Waals surface area contributed by atoms with Crippen LogP contribution in [-0.2, 0) is 28.6 Å². The summed E-state index contributed by atoms with van der Waals surface area (Å²) in [7, 11) is 0. The van der Waals surface area contributed by atoms with Crippen molar-refractivity contribution in [3.8, 4) is 0 Å². The van der Waals surface area contributed by atoms with Crippen LogP contribution in [-0.4, -0.2) is 37.2 Å². The zero-order chi connectivity index (χ0) is 47.9. The molecule has 372 valence electrons. The van der Waals surface area contributed by atoms with Crippen LogP contribution in [0.3, 0.4) is 0 Å². The standard InChI is InChI=1S/C60H96O6/c1-4-7-10-13-16-19-22-25-27-29-31-32-35-38-41-44-47-50-53-59(62)65-56-57(55-64-58(61)52-49-46-43-40-37-34-24-21-18-15-12-9-6-3)66-60(63)54-51-48-45-42-39-36-33-30-28-26-23-20-17-14-11-8-5-2/h8,11,16-17,19-20,22,25-29,31-34,36-37,42,45,57H,4-7,9-10,12-15,18,21,23-24,30,35,38-41,43-44,46-56H2,1-3H3/b11-8-,19-16-,20-17-,25-22-,28-26-,29-27-,32-31-,36-33-,37-34-,45-42-. The van der Waals surface area contributed by atoms with Crippen LogP contribution in [0.15, 0.2) is 122 Å². The van der Waals surface area contributed by atoms with Crippen LogP contribution >= 0.6 is 0 Å². The van der Waals surface area contributed by atoms with E-state index in [1.807, 2.05) is 0 Å². The minimum atomic E-state index is -0.827. The third kappa shape index (κ3) is 50.8. The molecule has 0 N–H and O–H groups in total. The monoisotopic (exact) mass is 913 g/mol. The highest BCUT2D eigenvalue weighted by Gasteiger charge is 2.19. The number of esters is 3. The molecule has 0 bridgehead atoms. The van der Waals surface area contributed by atoms with E-state index in [1.54, 1.807) is 0 Å². The lowest BCUT2D eigenvalue weighted by atomic mass is 10.1. The van der Waals surface area contributed by atoms with Crippen LogP contribution in [0, 0.1) is 0 Å². The molecule has 0 aromatic heterocycles. The van der Waals surface area contributed by atoms with Gasteiger partial charge in [-0.1, -0.05) is 213 Å². The minimum absolute atomic E-state index is 0.120. The van der Waals surface area contributed by atoms with Crippen molar-refractivity contribution in [3.05, 3.63) is 122 Å². The maximum absolute atomic E-state index is 12.8. The fraction of sp³-hybridized carbons (Fsp3) is 0.617. The molecular weight excluding hydrogens is 817 g/mol. The van der Waals surface area contributed by atoms with Gasteiger partial charge in [0.2, 0.25) is 0 Å². The largest absolute Gasteiger partial charge is 0.462 e. The molecule has 0 aliphatic heterocycles. The number of rotatable bonds is 46. The number of ether oxygens (including phenoxy) is 3. The second-order valence-corrected chi connectivity index (χ2v) is 17.1. The third-order valence-corrected chi connectivity index (χ3v) is 10.8. The topological polar surface area (TPSA) is 78.9 Å². The lowest BCUT2D eigenvalue weighted by molar-refractivity contribution is -0.167. The molecule has 6 heteroatoms. The average Bonchev–Trinajstić information content (AvgIpc) is 3.31. The van der Waals surface area contributed by atoms with Crippen molar-refractivity contribution in [3.63, 3.8) is 0 Å². The Balaban J connectivity index is 4.57. The van der Waals surface area contributed by atoms with Crippen molar-refractivity contribution in [1.82, 2.24) is 0 Å². The van der Waals surface area contributed by atoms with Crippen LogP contribution < -0.4 is 0 Å². The number of carbonyl (C=O) groups excluding carboxylic acids is 3. The van der Waals surface area contributed by atoms with Crippen LogP contribution in [0.5, 0.6) is 0 Å². The van der Waals surface area contributed by atoms with Gasteiger partial charge in [-0.15, -0.1) is 0 Å². The van der Waals surface area contributed by atoms with Crippen LogP contribution in [0.1, 0.15) is 220 Å². The normalized spacial score (nSPS) is 13.1. The molecular formula is C60H96O6. The zero-order valence-electron chi connectivity index (χ0n) is 42.4. The average molecular weight is 913 g/mol. The summed E-state index contributed by atoms with van der Waals surface area (Å²) in [5, 5.41) is 0. The third-order valence-electron chi connectivity index (χ3n) is 10.8. The van der Waals surface area contributed by atoms with Crippen molar-refractivity contribution in [2.75, 3.05) is 13.2 Å². The molecule has 66 heavy (non-hydrogen) atoms. The molecule has 0 saturated carbocycles. The van der Waals surface area contributed by atoms with Crippen molar-refractivity contribution in [2.45, 2.75) is 226 Å². The molecule has 0 saturated heterocycles. The van der Waals surface area contributed by atoms with Gasteiger partial charge in [0.05, 0.1) is 0 Å². The van der Waals surface area contributed by atoms with Gasteiger partial charge in [-0.3, -0.25) is 14.4 Å². The van der Waals surface area contributed by atoms with Crippen molar-refractivity contribution in [2.24, 2.45) is 0 Å². The molecule has 0 spiro atoms. The van der Waals surface area contributed by atoms with Gasteiger partial charge >= 0.3 is 17.9 Å². The molecule has 0 heterocycles. The summed E-state index contributed by atoms with van der Waals surface area (Å²) in [6.07, 6.45) is 73.2. The summed E-state index contributed by atoms with van der Waals surface area (Å²) in [5.74, 6) is -1.02. The molecule has 0 amide bonds. The molecule has 0 rings (SSSR count). The van der Waals surface area contributed by atoms with E-state index in [4.69, 9.17) is 14.2 Å². The van der Waals surface area contributed by atoms with Crippen molar-refractivity contribution >= 4 is 17.9 Å².